The number of rotatable bonds is 3. The molecule has 0 bridgehead atoms. The predicted octanol–water partition coefficient (Wildman–Crippen LogP) is 3.20. The number of hydrogen-bond donors (Lipinski definition) is 1. The number of aliphatic hydroxyl groups is 1. The Balaban J connectivity index is 1.87. The molecule has 2 nitrogen and oxygen atoms in total. The van der Waals surface area contributed by atoms with Gasteiger partial charge in [-0.25, -0.2) is 0 Å². The Hall–Kier alpha value is -0.890. The minimum atomic E-state index is -0.199. The first-order chi connectivity index (χ1) is 8.07. The fraction of sp³-hybridized carbons (Fsp3) is 0.667. The van der Waals surface area contributed by atoms with Gasteiger partial charge in [-0.15, -0.1) is 0 Å². The molecule has 1 atom stereocenters. The van der Waals surface area contributed by atoms with E-state index >= 15 is 0 Å². The van der Waals surface area contributed by atoms with Gasteiger partial charge >= 0.3 is 0 Å². The van der Waals surface area contributed by atoms with Crippen LogP contribution < -0.4 is 0 Å². The molecule has 1 aromatic heterocycles. The molecule has 0 aromatic carbocycles. The average Bonchev–Trinajstić information content (AvgIpc) is 2.30. The number of aromatic nitrogens is 1. The van der Waals surface area contributed by atoms with Crippen molar-refractivity contribution in [1.82, 2.24) is 4.98 Å². The third-order valence-electron chi connectivity index (χ3n) is 4.10. The Kier molecular flexibility index (Phi) is 3.82. The van der Waals surface area contributed by atoms with Crippen LogP contribution in [-0.2, 0) is 6.42 Å². The molecular weight excluding hydrogens is 210 g/mol. The Morgan fingerprint density at radius 3 is 2.71 bits per heavy atom. The van der Waals surface area contributed by atoms with Crippen LogP contribution in [0.2, 0.25) is 0 Å². The fourth-order valence-electron chi connectivity index (χ4n) is 2.73. The second-order valence-electron chi connectivity index (χ2n) is 6.13. The van der Waals surface area contributed by atoms with E-state index in [1.165, 1.54) is 12.8 Å². The van der Waals surface area contributed by atoms with Gasteiger partial charge in [-0.1, -0.05) is 19.9 Å². The lowest BCUT2D eigenvalue weighted by Crippen LogP contribution is -2.30. The van der Waals surface area contributed by atoms with Gasteiger partial charge in [-0.2, -0.15) is 0 Å². The predicted molar refractivity (Wildman–Crippen MR) is 69.7 cm³/mol. The molecule has 1 aliphatic rings. The van der Waals surface area contributed by atoms with Crippen LogP contribution in [0.25, 0.3) is 0 Å². The van der Waals surface area contributed by atoms with Gasteiger partial charge in [0.15, 0.2) is 0 Å². The first-order valence-electron chi connectivity index (χ1n) is 6.64. The maximum Gasteiger partial charge on any atom is 0.0609 e. The highest BCUT2D eigenvalue weighted by Gasteiger charge is 2.30. The molecule has 17 heavy (non-hydrogen) atoms. The molecule has 2 rings (SSSR count). The summed E-state index contributed by atoms with van der Waals surface area (Å²) in [5.41, 5.74) is 1.62. The number of aliphatic hydroxyl groups excluding tert-OH is 1. The Morgan fingerprint density at radius 2 is 2.12 bits per heavy atom. The molecule has 1 aromatic rings. The van der Waals surface area contributed by atoms with Crippen molar-refractivity contribution in [3.63, 3.8) is 0 Å². The zero-order valence-electron chi connectivity index (χ0n) is 10.9. The molecule has 0 aliphatic heterocycles. The second-order valence-corrected chi connectivity index (χ2v) is 6.13. The van der Waals surface area contributed by atoms with Crippen LogP contribution in [-0.4, -0.2) is 16.2 Å². The van der Waals surface area contributed by atoms with Crippen molar-refractivity contribution in [2.45, 2.75) is 52.1 Å². The molecule has 1 N–H and O–H groups in total. The summed E-state index contributed by atoms with van der Waals surface area (Å²) >= 11 is 0. The minimum absolute atomic E-state index is 0.199. The van der Waals surface area contributed by atoms with E-state index in [4.69, 9.17) is 0 Å². The second kappa shape index (κ2) is 5.18. The quantitative estimate of drug-likeness (QED) is 0.869. The largest absolute Gasteiger partial charge is 0.392 e. The first kappa shape index (κ1) is 12.6. The molecular formula is C15H23NO. The van der Waals surface area contributed by atoms with E-state index in [9.17, 15) is 5.11 Å². The van der Waals surface area contributed by atoms with E-state index in [-0.39, 0.29) is 6.10 Å². The highest BCUT2D eigenvalue weighted by molar-refractivity contribution is 5.10. The van der Waals surface area contributed by atoms with Crippen molar-refractivity contribution < 1.29 is 5.11 Å². The summed E-state index contributed by atoms with van der Waals surface area (Å²) in [6.07, 6.45) is 8.98. The summed E-state index contributed by atoms with van der Waals surface area (Å²) in [7, 11) is 0. The molecule has 1 aliphatic carbocycles. The summed E-state index contributed by atoms with van der Waals surface area (Å²) < 4.78 is 0. The summed E-state index contributed by atoms with van der Waals surface area (Å²) in [6.45, 7) is 4.66. The molecule has 2 heteroatoms. The van der Waals surface area contributed by atoms with Crippen LogP contribution in [0.5, 0.6) is 0 Å². The topological polar surface area (TPSA) is 33.1 Å². The Bertz CT molecular complexity index is 337. The van der Waals surface area contributed by atoms with Crippen molar-refractivity contribution in [1.29, 1.82) is 0 Å². The van der Waals surface area contributed by atoms with Gasteiger partial charge in [0.25, 0.3) is 0 Å². The summed E-state index contributed by atoms with van der Waals surface area (Å²) in [5.74, 6) is 0.475. The van der Waals surface area contributed by atoms with E-state index in [1.54, 1.807) is 6.20 Å². The standard InChI is InChI=1S/C15H23NO/c1-15(2)7-5-13(6-8-15)14(17)10-12-4-3-9-16-11-12/h3-4,9,11,13-14,17H,5-8,10H2,1-2H3. The Morgan fingerprint density at radius 1 is 1.41 bits per heavy atom. The van der Waals surface area contributed by atoms with Gasteiger partial charge in [0, 0.05) is 18.8 Å². The van der Waals surface area contributed by atoms with E-state index in [1.807, 2.05) is 18.3 Å². The SMILES string of the molecule is CC1(C)CCC(C(O)Cc2cccnc2)CC1. The van der Waals surface area contributed by atoms with Crippen LogP contribution >= 0.6 is 0 Å². The molecule has 0 spiro atoms. The van der Waals surface area contributed by atoms with Crippen LogP contribution in [0.1, 0.15) is 45.1 Å². The lowest BCUT2D eigenvalue weighted by molar-refractivity contribution is 0.0576. The number of pyridine rings is 1. The van der Waals surface area contributed by atoms with Crippen molar-refractivity contribution in [3.8, 4) is 0 Å². The zero-order chi connectivity index (χ0) is 12.3. The maximum absolute atomic E-state index is 10.3. The van der Waals surface area contributed by atoms with Crippen LogP contribution in [0.4, 0.5) is 0 Å². The first-order valence-corrected chi connectivity index (χ1v) is 6.64. The zero-order valence-corrected chi connectivity index (χ0v) is 10.9. The molecule has 94 valence electrons. The molecule has 1 unspecified atom stereocenters. The molecule has 0 amide bonds. The van der Waals surface area contributed by atoms with Gasteiger partial charge in [-0.3, -0.25) is 4.98 Å². The lowest BCUT2D eigenvalue weighted by Gasteiger charge is -2.36. The number of nitrogens with zero attached hydrogens (tertiary/aromatic N) is 1. The molecule has 1 heterocycles. The van der Waals surface area contributed by atoms with Crippen molar-refractivity contribution in [2.75, 3.05) is 0 Å². The smallest absolute Gasteiger partial charge is 0.0609 e. The normalized spacial score (nSPS) is 22.3. The highest BCUT2D eigenvalue weighted by Crippen LogP contribution is 2.39. The molecule has 1 fully saturated rings. The van der Waals surface area contributed by atoms with Gasteiger partial charge in [0.05, 0.1) is 6.10 Å². The van der Waals surface area contributed by atoms with Crippen LogP contribution in [0.3, 0.4) is 0 Å². The van der Waals surface area contributed by atoms with E-state index in [0.29, 0.717) is 11.3 Å². The molecule has 1 saturated carbocycles. The average molecular weight is 233 g/mol. The molecule has 0 radical (unpaired) electrons. The van der Waals surface area contributed by atoms with Gasteiger partial charge in [0.2, 0.25) is 0 Å². The third kappa shape index (κ3) is 3.53. The monoisotopic (exact) mass is 233 g/mol. The van der Waals surface area contributed by atoms with E-state index in [2.05, 4.69) is 18.8 Å². The van der Waals surface area contributed by atoms with Gasteiger partial charge in [0.1, 0.15) is 0 Å². The summed E-state index contributed by atoms with van der Waals surface area (Å²) in [6, 6.07) is 3.98. The van der Waals surface area contributed by atoms with Gasteiger partial charge < -0.3 is 5.11 Å². The third-order valence-corrected chi connectivity index (χ3v) is 4.10. The van der Waals surface area contributed by atoms with E-state index < -0.39 is 0 Å². The van der Waals surface area contributed by atoms with Crippen LogP contribution in [0.15, 0.2) is 24.5 Å². The Labute approximate surface area is 104 Å². The van der Waals surface area contributed by atoms with Crippen LogP contribution in [0, 0.1) is 11.3 Å². The van der Waals surface area contributed by atoms with Crippen molar-refractivity contribution >= 4 is 0 Å². The fourth-order valence-corrected chi connectivity index (χ4v) is 2.73. The maximum atomic E-state index is 10.3. The lowest BCUT2D eigenvalue weighted by atomic mass is 9.71. The number of hydrogen-bond acceptors (Lipinski definition) is 2. The highest BCUT2D eigenvalue weighted by atomic mass is 16.3. The summed E-state index contributed by atoms with van der Waals surface area (Å²) in [4.78, 5) is 4.09. The van der Waals surface area contributed by atoms with Crippen molar-refractivity contribution in [3.05, 3.63) is 30.1 Å². The molecule has 0 saturated heterocycles. The van der Waals surface area contributed by atoms with Gasteiger partial charge in [-0.05, 0) is 48.6 Å². The summed E-state index contributed by atoms with van der Waals surface area (Å²) in [5, 5.41) is 10.3. The minimum Gasteiger partial charge on any atom is -0.392 e. The van der Waals surface area contributed by atoms with E-state index in [0.717, 1.165) is 24.8 Å². The van der Waals surface area contributed by atoms with Crippen molar-refractivity contribution in [2.24, 2.45) is 11.3 Å².